The fourth-order valence-electron chi connectivity index (χ4n) is 3.23. The number of hydrogen-bond donors (Lipinski definition) is 3. The van der Waals surface area contributed by atoms with Gasteiger partial charge in [0.05, 0.1) is 12.1 Å². The summed E-state index contributed by atoms with van der Waals surface area (Å²) in [7, 11) is 4.18. The maximum Gasteiger partial charge on any atom is 0.315 e. The molecule has 2 aliphatic rings. The number of aliphatic hydroxyl groups excluding tert-OH is 1. The predicted octanol–water partition coefficient (Wildman–Crippen LogP) is 1.07. The number of urea groups is 1. The van der Waals surface area contributed by atoms with Crippen molar-refractivity contribution in [1.29, 1.82) is 0 Å². The Labute approximate surface area is 115 Å². The molecule has 0 aromatic heterocycles. The molecule has 5 nitrogen and oxygen atoms in total. The summed E-state index contributed by atoms with van der Waals surface area (Å²) >= 11 is 0. The lowest BCUT2D eigenvalue weighted by Crippen LogP contribution is -2.51. The molecule has 3 N–H and O–H groups in total. The van der Waals surface area contributed by atoms with E-state index in [0.29, 0.717) is 6.04 Å². The van der Waals surface area contributed by atoms with Crippen molar-refractivity contribution < 1.29 is 9.90 Å². The Morgan fingerprint density at radius 2 is 1.84 bits per heavy atom. The lowest BCUT2D eigenvalue weighted by molar-refractivity contribution is 0.0940. The van der Waals surface area contributed by atoms with Gasteiger partial charge >= 0.3 is 6.03 Å². The number of aliphatic hydroxyl groups is 1. The molecular weight excluding hydrogens is 242 g/mol. The third kappa shape index (κ3) is 4.08. The fourth-order valence-corrected chi connectivity index (χ4v) is 3.23. The van der Waals surface area contributed by atoms with Gasteiger partial charge < -0.3 is 20.6 Å². The van der Waals surface area contributed by atoms with E-state index in [9.17, 15) is 9.90 Å². The normalized spacial score (nSPS) is 35.4. The van der Waals surface area contributed by atoms with Crippen molar-refractivity contribution in [2.45, 2.75) is 69.2 Å². The van der Waals surface area contributed by atoms with Crippen LogP contribution in [0, 0.1) is 0 Å². The second-order valence-corrected chi connectivity index (χ2v) is 6.20. The van der Waals surface area contributed by atoms with E-state index in [0.717, 1.165) is 44.9 Å². The van der Waals surface area contributed by atoms with Gasteiger partial charge in [-0.15, -0.1) is 0 Å². The van der Waals surface area contributed by atoms with Crippen LogP contribution < -0.4 is 10.6 Å². The Morgan fingerprint density at radius 1 is 1.11 bits per heavy atom. The largest absolute Gasteiger partial charge is 0.391 e. The molecule has 0 bridgehead atoms. The van der Waals surface area contributed by atoms with Gasteiger partial charge in [-0.3, -0.25) is 0 Å². The summed E-state index contributed by atoms with van der Waals surface area (Å²) in [6, 6.07) is 0.661. The molecule has 0 saturated heterocycles. The molecule has 110 valence electrons. The molecule has 2 fully saturated rings. The van der Waals surface area contributed by atoms with Gasteiger partial charge in [-0.2, -0.15) is 0 Å². The van der Waals surface area contributed by atoms with Crippen molar-refractivity contribution in [2.75, 3.05) is 14.1 Å². The smallest absolute Gasteiger partial charge is 0.315 e. The minimum Gasteiger partial charge on any atom is -0.391 e. The minimum atomic E-state index is -0.377. The second-order valence-electron chi connectivity index (χ2n) is 6.20. The topological polar surface area (TPSA) is 64.6 Å². The molecule has 4 unspecified atom stereocenters. The fraction of sp³-hybridized carbons (Fsp3) is 0.929. The van der Waals surface area contributed by atoms with Gasteiger partial charge in [0, 0.05) is 12.1 Å². The molecule has 0 aromatic rings. The monoisotopic (exact) mass is 269 g/mol. The van der Waals surface area contributed by atoms with Crippen LogP contribution in [0.25, 0.3) is 0 Å². The van der Waals surface area contributed by atoms with Crippen LogP contribution in [0.1, 0.15) is 44.9 Å². The third-order valence-electron chi connectivity index (χ3n) is 4.52. The van der Waals surface area contributed by atoms with Crippen LogP contribution in [0.4, 0.5) is 4.79 Å². The number of nitrogens with one attached hydrogen (secondary N) is 2. The Kier molecular flexibility index (Phi) is 5.05. The Bertz CT molecular complexity index is 309. The first-order chi connectivity index (χ1) is 9.06. The van der Waals surface area contributed by atoms with Crippen LogP contribution in [0.2, 0.25) is 0 Å². The molecule has 2 rings (SSSR count). The molecule has 0 aliphatic heterocycles. The highest BCUT2D eigenvalue weighted by atomic mass is 16.3. The van der Waals surface area contributed by atoms with Crippen molar-refractivity contribution in [2.24, 2.45) is 0 Å². The van der Waals surface area contributed by atoms with E-state index in [1.165, 1.54) is 0 Å². The van der Waals surface area contributed by atoms with Crippen molar-refractivity contribution in [3.63, 3.8) is 0 Å². The number of hydrogen-bond acceptors (Lipinski definition) is 3. The van der Waals surface area contributed by atoms with E-state index in [-0.39, 0.29) is 24.2 Å². The molecule has 2 aliphatic carbocycles. The molecule has 4 atom stereocenters. The zero-order valence-electron chi connectivity index (χ0n) is 12.1. The first-order valence-electron chi connectivity index (χ1n) is 7.48. The molecule has 19 heavy (non-hydrogen) atoms. The second kappa shape index (κ2) is 6.57. The van der Waals surface area contributed by atoms with E-state index in [1.807, 2.05) is 0 Å². The Hall–Kier alpha value is -0.810. The maximum absolute atomic E-state index is 11.9. The van der Waals surface area contributed by atoms with E-state index in [4.69, 9.17) is 0 Å². The van der Waals surface area contributed by atoms with E-state index < -0.39 is 0 Å². The van der Waals surface area contributed by atoms with E-state index >= 15 is 0 Å². The summed E-state index contributed by atoms with van der Waals surface area (Å²) in [5.74, 6) is 0. The summed E-state index contributed by atoms with van der Waals surface area (Å²) < 4.78 is 0. The number of amides is 2. The lowest BCUT2D eigenvalue weighted by Gasteiger charge is -2.29. The molecule has 2 amide bonds. The zero-order chi connectivity index (χ0) is 13.8. The van der Waals surface area contributed by atoms with E-state index in [2.05, 4.69) is 29.6 Å². The average Bonchev–Trinajstić information content (AvgIpc) is 2.80. The molecule has 2 saturated carbocycles. The van der Waals surface area contributed by atoms with Gasteiger partial charge in [-0.25, -0.2) is 4.79 Å². The predicted molar refractivity (Wildman–Crippen MR) is 75.0 cm³/mol. The van der Waals surface area contributed by atoms with Crippen LogP contribution in [0.3, 0.4) is 0 Å². The average molecular weight is 269 g/mol. The lowest BCUT2D eigenvalue weighted by atomic mass is 9.93. The Morgan fingerprint density at radius 3 is 2.47 bits per heavy atom. The number of nitrogens with zero attached hydrogens (tertiary/aromatic N) is 1. The first kappa shape index (κ1) is 14.6. The third-order valence-corrected chi connectivity index (χ3v) is 4.52. The van der Waals surface area contributed by atoms with Gasteiger partial charge in [-0.1, -0.05) is 12.8 Å². The SMILES string of the molecule is CN(C)C1CCC(NC(=O)NC2CCCCC2O)C1. The summed E-state index contributed by atoms with van der Waals surface area (Å²) in [6.45, 7) is 0. The van der Waals surface area contributed by atoms with Crippen molar-refractivity contribution >= 4 is 6.03 Å². The highest BCUT2D eigenvalue weighted by Gasteiger charge is 2.29. The Balaban J connectivity index is 1.72. The van der Waals surface area contributed by atoms with Gasteiger partial charge in [0.25, 0.3) is 0 Å². The highest BCUT2D eigenvalue weighted by Crippen LogP contribution is 2.22. The molecule has 0 spiro atoms. The molecular formula is C14H27N3O2. The molecule has 5 heteroatoms. The maximum atomic E-state index is 11.9. The summed E-state index contributed by atoms with van der Waals surface area (Å²) in [5, 5.41) is 15.8. The van der Waals surface area contributed by atoms with Gasteiger partial charge in [0.15, 0.2) is 0 Å². The van der Waals surface area contributed by atoms with Crippen molar-refractivity contribution in [3.8, 4) is 0 Å². The van der Waals surface area contributed by atoms with Crippen LogP contribution in [0.5, 0.6) is 0 Å². The molecule has 0 aromatic carbocycles. The van der Waals surface area contributed by atoms with Crippen molar-refractivity contribution in [3.05, 3.63) is 0 Å². The van der Waals surface area contributed by atoms with Gasteiger partial charge in [0.2, 0.25) is 0 Å². The molecule has 0 heterocycles. The van der Waals surface area contributed by atoms with Crippen molar-refractivity contribution in [1.82, 2.24) is 15.5 Å². The van der Waals surface area contributed by atoms with Gasteiger partial charge in [-0.05, 0) is 46.2 Å². The quantitative estimate of drug-likeness (QED) is 0.718. The minimum absolute atomic E-state index is 0.0696. The van der Waals surface area contributed by atoms with Gasteiger partial charge in [0.1, 0.15) is 0 Å². The van der Waals surface area contributed by atoms with Crippen LogP contribution in [-0.2, 0) is 0 Å². The first-order valence-corrected chi connectivity index (χ1v) is 7.48. The zero-order valence-corrected chi connectivity index (χ0v) is 12.1. The van der Waals surface area contributed by atoms with Crippen LogP contribution >= 0.6 is 0 Å². The highest BCUT2D eigenvalue weighted by molar-refractivity contribution is 5.74. The van der Waals surface area contributed by atoms with Crippen LogP contribution in [0.15, 0.2) is 0 Å². The summed E-state index contributed by atoms with van der Waals surface area (Å²) in [4.78, 5) is 14.2. The number of rotatable bonds is 3. The number of carbonyl (C=O) groups excluding carboxylic acids is 1. The number of carbonyl (C=O) groups is 1. The summed E-state index contributed by atoms with van der Waals surface area (Å²) in [5.41, 5.74) is 0. The standard InChI is InChI=1S/C14H27N3O2/c1-17(2)11-8-7-10(9-11)15-14(19)16-12-5-3-4-6-13(12)18/h10-13,18H,3-9H2,1-2H3,(H2,15,16,19). The molecule has 0 radical (unpaired) electrons. The van der Waals surface area contributed by atoms with E-state index in [1.54, 1.807) is 0 Å². The summed E-state index contributed by atoms with van der Waals surface area (Å²) in [6.07, 6.45) is 6.68. The van der Waals surface area contributed by atoms with Crippen LogP contribution in [-0.4, -0.2) is 54.4 Å².